The van der Waals surface area contributed by atoms with E-state index in [1.165, 1.54) is 0 Å². The van der Waals surface area contributed by atoms with Gasteiger partial charge < -0.3 is 10.7 Å². The highest BCUT2D eigenvalue weighted by atomic mass is 32.2. The summed E-state index contributed by atoms with van der Waals surface area (Å²) in [5.74, 6) is 4.93. The monoisotopic (exact) mass is 422 g/mol. The Morgan fingerprint density at radius 3 is 2.53 bits per heavy atom. The number of hydrogen-bond donors (Lipinski definition) is 2. The summed E-state index contributed by atoms with van der Waals surface area (Å²) >= 11 is 0. The summed E-state index contributed by atoms with van der Waals surface area (Å²) in [5.41, 5.74) is 1.82. The SMILES string of the molecule is NN=Cc1ccc(CN2CC[C@H](NS(=O)(=O)c3ccc4ccccc4c3)C2=O)cc1. The fraction of sp³-hybridized carbons (Fsp3) is 0.182. The second kappa shape index (κ2) is 8.25. The van der Waals surface area contributed by atoms with Crippen LogP contribution in [0.1, 0.15) is 17.5 Å². The lowest BCUT2D eigenvalue weighted by Crippen LogP contribution is -2.41. The molecule has 3 N–H and O–H groups in total. The molecule has 3 aromatic rings. The average molecular weight is 423 g/mol. The van der Waals surface area contributed by atoms with E-state index < -0.39 is 16.1 Å². The molecule has 4 rings (SSSR count). The molecule has 0 saturated carbocycles. The van der Waals surface area contributed by atoms with E-state index in [1.54, 1.807) is 29.3 Å². The van der Waals surface area contributed by atoms with Crippen molar-refractivity contribution in [2.75, 3.05) is 6.54 Å². The summed E-state index contributed by atoms with van der Waals surface area (Å²) in [6.45, 7) is 0.919. The number of nitrogens with two attached hydrogens (primary N) is 1. The van der Waals surface area contributed by atoms with E-state index in [-0.39, 0.29) is 10.8 Å². The number of carbonyl (C=O) groups is 1. The van der Waals surface area contributed by atoms with Crippen LogP contribution in [0.2, 0.25) is 0 Å². The largest absolute Gasteiger partial charge is 0.337 e. The van der Waals surface area contributed by atoms with Crippen LogP contribution in [0, 0.1) is 0 Å². The first kappa shape index (κ1) is 20.1. The van der Waals surface area contributed by atoms with Crippen LogP contribution in [0.15, 0.2) is 76.7 Å². The molecule has 8 heteroatoms. The van der Waals surface area contributed by atoms with Gasteiger partial charge >= 0.3 is 0 Å². The third-order valence-electron chi connectivity index (χ3n) is 5.20. The fourth-order valence-electron chi connectivity index (χ4n) is 3.61. The number of rotatable bonds is 6. The molecule has 0 bridgehead atoms. The van der Waals surface area contributed by atoms with Crippen LogP contribution in [-0.2, 0) is 21.4 Å². The van der Waals surface area contributed by atoms with Gasteiger partial charge in [0.1, 0.15) is 6.04 Å². The van der Waals surface area contributed by atoms with E-state index in [9.17, 15) is 13.2 Å². The van der Waals surface area contributed by atoms with Gasteiger partial charge in [-0.15, -0.1) is 0 Å². The lowest BCUT2D eigenvalue weighted by molar-refractivity contribution is -0.129. The van der Waals surface area contributed by atoms with Crippen molar-refractivity contribution in [3.8, 4) is 0 Å². The van der Waals surface area contributed by atoms with Gasteiger partial charge in [0.05, 0.1) is 11.1 Å². The normalized spacial score (nSPS) is 17.3. The molecular formula is C22H22N4O3S. The van der Waals surface area contributed by atoms with E-state index in [4.69, 9.17) is 5.84 Å². The number of likely N-dealkylation sites (tertiary alicyclic amines) is 1. The van der Waals surface area contributed by atoms with Crippen molar-refractivity contribution in [1.29, 1.82) is 0 Å². The van der Waals surface area contributed by atoms with Gasteiger partial charge in [-0.2, -0.15) is 9.82 Å². The molecule has 1 heterocycles. The van der Waals surface area contributed by atoms with Crippen molar-refractivity contribution in [2.24, 2.45) is 10.9 Å². The number of benzene rings is 3. The Balaban J connectivity index is 1.45. The summed E-state index contributed by atoms with van der Waals surface area (Å²) < 4.78 is 28.3. The van der Waals surface area contributed by atoms with Crippen LogP contribution in [-0.4, -0.2) is 38.0 Å². The second-order valence-electron chi connectivity index (χ2n) is 7.25. The quantitative estimate of drug-likeness (QED) is 0.361. The minimum Gasteiger partial charge on any atom is -0.337 e. The molecule has 1 saturated heterocycles. The molecule has 1 aliphatic rings. The molecule has 1 amide bonds. The molecule has 0 unspecified atom stereocenters. The molecule has 3 aromatic carbocycles. The number of hydrogen-bond acceptors (Lipinski definition) is 5. The van der Waals surface area contributed by atoms with Crippen LogP contribution in [0.25, 0.3) is 10.8 Å². The number of nitrogens with one attached hydrogen (secondary N) is 1. The number of fused-ring (bicyclic) bond motifs is 1. The van der Waals surface area contributed by atoms with E-state index in [2.05, 4.69) is 9.82 Å². The molecule has 7 nitrogen and oxygen atoms in total. The van der Waals surface area contributed by atoms with Gasteiger partial charge in [0, 0.05) is 13.1 Å². The third-order valence-corrected chi connectivity index (χ3v) is 6.67. The first-order chi connectivity index (χ1) is 14.5. The highest BCUT2D eigenvalue weighted by molar-refractivity contribution is 7.89. The standard InChI is InChI=1S/C22H22N4O3S/c23-24-14-16-5-7-17(8-6-16)15-26-12-11-21(22(26)27)25-30(28,29)20-10-9-18-3-1-2-4-19(18)13-20/h1-10,13-14,21,25H,11-12,15,23H2/t21-/m0/s1. The van der Waals surface area contributed by atoms with Gasteiger partial charge in [-0.05, 0) is 40.5 Å². The lowest BCUT2D eigenvalue weighted by Gasteiger charge is -2.17. The van der Waals surface area contributed by atoms with E-state index in [0.717, 1.165) is 21.9 Å². The average Bonchev–Trinajstić information content (AvgIpc) is 3.08. The maximum absolute atomic E-state index is 12.8. The lowest BCUT2D eigenvalue weighted by atomic mass is 10.1. The molecule has 0 spiro atoms. The zero-order valence-electron chi connectivity index (χ0n) is 16.2. The number of carbonyl (C=O) groups excluding carboxylic acids is 1. The topological polar surface area (TPSA) is 105 Å². The minimum atomic E-state index is -3.80. The number of hydrazone groups is 1. The molecule has 1 aliphatic heterocycles. The highest BCUT2D eigenvalue weighted by Crippen LogP contribution is 2.21. The first-order valence-electron chi connectivity index (χ1n) is 9.58. The van der Waals surface area contributed by atoms with Crippen molar-refractivity contribution in [2.45, 2.75) is 23.9 Å². The Morgan fingerprint density at radius 2 is 1.80 bits per heavy atom. The Kier molecular flexibility index (Phi) is 5.52. The predicted molar refractivity (Wildman–Crippen MR) is 116 cm³/mol. The molecule has 0 radical (unpaired) electrons. The van der Waals surface area contributed by atoms with Crippen LogP contribution < -0.4 is 10.6 Å². The smallest absolute Gasteiger partial charge is 0.241 e. The van der Waals surface area contributed by atoms with Gasteiger partial charge in [0.25, 0.3) is 0 Å². The second-order valence-corrected chi connectivity index (χ2v) is 8.97. The van der Waals surface area contributed by atoms with Gasteiger partial charge in [-0.3, -0.25) is 4.79 Å². The van der Waals surface area contributed by atoms with Gasteiger partial charge in [0.15, 0.2) is 0 Å². The van der Waals surface area contributed by atoms with Crippen molar-refractivity contribution < 1.29 is 13.2 Å². The van der Waals surface area contributed by atoms with Crippen LogP contribution >= 0.6 is 0 Å². The maximum atomic E-state index is 12.8. The first-order valence-corrected chi connectivity index (χ1v) is 11.1. The van der Waals surface area contributed by atoms with E-state index >= 15 is 0 Å². The van der Waals surface area contributed by atoms with Crippen molar-refractivity contribution in [3.05, 3.63) is 77.9 Å². The third kappa shape index (κ3) is 4.19. The number of amides is 1. The van der Waals surface area contributed by atoms with Crippen LogP contribution in [0.5, 0.6) is 0 Å². The molecule has 1 fully saturated rings. The molecule has 30 heavy (non-hydrogen) atoms. The summed E-state index contributed by atoms with van der Waals surface area (Å²) in [6.07, 6.45) is 1.98. The minimum absolute atomic E-state index is 0.157. The Bertz CT molecular complexity index is 1210. The molecule has 1 atom stereocenters. The van der Waals surface area contributed by atoms with Gasteiger partial charge in [-0.25, -0.2) is 8.42 Å². The predicted octanol–water partition coefficient (Wildman–Crippen LogP) is 2.21. The Hall–Kier alpha value is -3.23. The van der Waals surface area contributed by atoms with Gasteiger partial charge in [-0.1, -0.05) is 54.6 Å². The molecular weight excluding hydrogens is 400 g/mol. The summed E-state index contributed by atoms with van der Waals surface area (Å²) in [5, 5.41) is 5.28. The van der Waals surface area contributed by atoms with E-state index in [0.29, 0.717) is 19.5 Å². The number of nitrogens with zero attached hydrogens (tertiary/aromatic N) is 2. The summed E-state index contributed by atoms with van der Waals surface area (Å²) in [4.78, 5) is 14.6. The Morgan fingerprint density at radius 1 is 1.07 bits per heavy atom. The zero-order chi connectivity index (χ0) is 21.1. The molecule has 0 aliphatic carbocycles. The molecule has 154 valence electrons. The Labute approximate surface area is 175 Å². The zero-order valence-corrected chi connectivity index (χ0v) is 17.0. The van der Waals surface area contributed by atoms with Crippen LogP contribution in [0.4, 0.5) is 0 Å². The maximum Gasteiger partial charge on any atom is 0.241 e. The molecule has 0 aromatic heterocycles. The van der Waals surface area contributed by atoms with Crippen molar-refractivity contribution >= 4 is 32.9 Å². The highest BCUT2D eigenvalue weighted by Gasteiger charge is 2.34. The van der Waals surface area contributed by atoms with E-state index in [1.807, 2.05) is 48.5 Å². The van der Waals surface area contributed by atoms with Crippen LogP contribution in [0.3, 0.4) is 0 Å². The van der Waals surface area contributed by atoms with Crippen molar-refractivity contribution in [3.63, 3.8) is 0 Å². The number of sulfonamides is 1. The van der Waals surface area contributed by atoms with Gasteiger partial charge in [0.2, 0.25) is 15.9 Å². The summed E-state index contributed by atoms with van der Waals surface area (Å²) in [6, 6.07) is 19.3. The summed E-state index contributed by atoms with van der Waals surface area (Å²) in [7, 11) is -3.80. The fourth-order valence-corrected chi connectivity index (χ4v) is 4.87. The van der Waals surface area contributed by atoms with Crippen molar-refractivity contribution in [1.82, 2.24) is 9.62 Å².